The number of benzene rings is 1. The largest absolute Gasteiger partial charge is 0.382 e. The van der Waals surface area contributed by atoms with Crippen LogP contribution >= 0.6 is 0 Å². The first-order valence-electron chi connectivity index (χ1n) is 7.00. The first-order chi connectivity index (χ1) is 9.02. The van der Waals surface area contributed by atoms with Gasteiger partial charge in [-0.25, -0.2) is 4.98 Å². The molecule has 0 aliphatic carbocycles. The molecule has 1 aliphatic heterocycles. The normalized spacial score (nSPS) is 22.6. The monoisotopic (exact) mass is 258 g/mol. The summed E-state index contributed by atoms with van der Waals surface area (Å²) in [7, 11) is 0. The Morgan fingerprint density at radius 1 is 1.37 bits per heavy atom. The summed E-state index contributed by atoms with van der Waals surface area (Å²) in [6, 6.07) is 6.90. The molecule has 0 spiro atoms. The first-order valence-corrected chi connectivity index (χ1v) is 7.00. The van der Waals surface area contributed by atoms with Gasteiger partial charge < -0.3 is 15.6 Å². The van der Waals surface area contributed by atoms with Gasteiger partial charge >= 0.3 is 0 Å². The number of fused-ring (bicyclic) bond motifs is 1. The molecule has 4 nitrogen and oxygen atoms in total. The molecule has 4 heteroatoms. The molecule has 2 aromatic rings. The number of hydrogen-bond acceptors (Lipinski definition) is 3. The topological polar surface area (TPSA) is 52.7 Å². The average molecular weight is 258 g/mol. The molecule has 1 fully saturated rings. The van der Waals surface area contributed by atoms with Crippen LogP contribution in [-0.2, 0) is 0 Å². The van der Waals surface area contributed by atoms with Crippen LogP contribution in [0.3, 0.4) is 0 Å². The van der Waals surface area contributed by atoms with E-state index in [1.165, 1.54) is 12.1 Å². The Balaban J connectivity index is 1.77. The van der Waals surface area contributed by atoms with Crippen molar-refractivity contribution in [3.63, 3.8) is 0 Å². The molecule has 1 atom stereocenters. The smallest absolute Gasteiger partial charge is 0.104 e. The quantitative estimate of drug-likeness (QED) is 0.776. The van der Waals surface area contributed by atoms with Crippen LogP contribution in [0.25, 0.3) is 11.0 Å². The summed E-state index contributed by atoms with van der Waals surface area (Å²) in [4.78, 5) is 7.72. The van der Waals surface area contributed by atoms with E-state index in [0.29, 0.717) is 6.04 Å². The van der Waals surface area contributed by atoms with Crippen molar-refractivity contribution in [3.8, 4) is 0 Å². The first kappa shape index (κ1) is 12.5. The van der Waals surface area contributed by atoms with Gasteiger partial charge in [0.05, 0.1) is 11.0 Å². The maximum absolute atomic E-state index is 4.43. The number of hydrogen-bond donors (Lipinski definition) is 3. The third-order valence-electron chi connectivity index (χ3n) is 3.82. The summed E-state index contributed by atoms with van der Waals surface area (Å²) < 4.78 is 0. The van der Waals surface area contributed by atoms with Crippen molar-refractivity contribution in [1.82, 2.24) is 15.3 Å². The van der Waals surface area contributed by atoms with Crippen molar-refractivity contribution in [2.45, 2.75) is 45.2 Å². The van der Waals surface area contributed by atoms with E-state index in [1.807, 2.05) is 6.92 Å². The maximum atomic E-state index is 4.43. The fraction of sp³-hybridized carbons (Fsp3) is 0.533. The minimum Gasteiger partial charge on any atom is -0.382 e. The molecule has 3 rings (SSSR count). The van der Waals surface area contributed by atoms with E-state index in [2.05, 4.69) is 52.6 Å². The van der Waals surface area contributed by atoms with E-state index in [0.717, 1.165) is 29.8 Å². The number of rotatable bonds is 2. The lowest BCUT2D eigenvalue weighted by molar-refractivity contribution is 0.286. The van der Waals surface area contributed by atoms with Gasteiger partial charge in [-0.2, -0.15) is 0 Å². The number of piperidine rings is 1. The van der Waals surface area contributed by atoms with Crippen LogP contribution in [0.1, 0.15) is 32.5 Å². The Labute approximate surface area is 114 Å². The van der Waals surface area contributed by atoms with Gasteiger partial charge in [-0.05, 0) is 58.4 Å². The molecule has 1 aliphatic rings. The standard InChI is InChI=1S/C15H22N4/c1-10-17-13-5-4-11(8-14(13)18-10)19-12-6-7-16-15(2,3)9-12/h4-5,8,12,16,19H,6-7,9H2,1-3H3,(H,17,18). The number of H-pyrrole nitrogens is 1. The average Bonchev–Trinajstić information content (AvgIpc) is 2.67. The number of nitrogens with one attached hydrogen (secondary N) is 3. The lowest BCUT2D eigenvalue weighted by Crippen LogP contribution is -2.49. The highest BCUT2D eigenvalue weighted by molar-refractivity contribution is 5.79. The molecule has 1 aromatic carbocycles. The van der Waals surface area contributed by atoms with Crippen molar-refractivity contribution in [1.29, 1.82) is 0 Å². The minimum absolute atomic E-state index is 0.227. The van der Waals surface area contributed by atoms with Crippen molar-refractivity contribution in [3.05, 3.63) is 24.0 Å². The van der Waals surface area contributed by atoms with Crippen molar-refractivity contribution in [2.75, 3.05) is 11.9 Å². The van der Waals surface area contributed by atoms with Crippen LogP contribution < -0.4 is 10.6 Å². The number of aromatic nitrogens is 2. The van der Waals surface area contributed by atoms with Crippen LogP contribution in [0.4, 0.5) is 5.69 Å². The SMILES string of the molecule is Cc1nc2ccc(NC3CCNC(C)(C)C3)cc2[nH]1. The van der Waals surface area contributed by atoms with Gasteiger partial charge in [0, 0.05) is 17.3 Å². The zero-order chi connectivity index (χ0) is 13.5. The highest BCUT2D eigenvalue weighted by Crippen LogP contribution is 2.23. The van der Waals surface area contributed by atoms with Crippen LogP contribution in [0.5, 0.6) is 0 Å². The summed E-state index contributed by atoms with van der Waals surface area (Å²) in [6.45, 7) is 7.60. The zero-order valence-corrected chi connectivity index (χ0v) is 11.9. The summed E-state index contributed by atoms with van der Waals surface area (Å²) in [5.41, 5.74) is 3.55. The molecule has 1 unspecified atom stereocenters. The van der Waals surface area contributed by atoms with E-state index < -0.39 is 0 Å². The highest BCUT2D eigenvalue weighted by Gasteiger charge is 2.27. The van der Waals surface area contributed by atoms with Crippen molar-refractivity contribution >= 4 is 16.7 Å². The van der Waals surface area contributed by atoms with Crippen molar-refractivity contribution in [2.24, 2.45) is 0 Å². The molecule has 2 heterocycles. The third-order valence-corrected chi connectivity index (χ3v) is 3.82. The van der Waals surface area contributed by atoms with Gasteiger partial charge in [-0.1, -0.05) is 0 Å². The molecule has 19 heavy (non-hydrogen) atoms. The third kappa shape index (κ3) is 2.73. The predicted octanol–water partition coefficient (Wildman–Crippen LogP) is 2.81. The summed E-state index contributed by atoms with van der Waals surface area (Å²) in [5.74, 6) is 0.968. The van der Waals surface area contributed by atoms with E-state index >= 15 is 0 Å². The second kappa shape index (κ2) is 4.53. The summed E-state index contributed by atoms with van der Waals surface area (Å²) in [6.07, 6.45) is 2.32. The van der Waals surface area contributed by atoms with Gasteiger partial charge in [0.15, 0.2) is 0 Å². The van der Waals surface area contributed by atoms with Gasteiger partial charge in [0.2, 0.25) is 0 Å². The lowest BCUT2D eigenvalue weighted by Gasteiger charge is -2.37. The fourth-order valence-corrected chi connectivity index (χ4v) is 2.96. The maximum Gasteiger partial charge on any atom is 0.104 e. The van der Waals surface area contributed by atoms with Gasteiger partial charge in [0.25, 0.3) is 0 Å². The second-order valence-electron chi connectivity index (χ2n) is 6.20. The molecule has 102 valence electrons. The molecular weight excluding hydrogens is 236 g/mol. The van der Waals surface area contributed by atoms with E-state index in [9.17, 15) is 0 Å². The number of aromatic amines is 1. The summed E-state index contributed by atoms with van der Waals surface area (Å²) >= 11 is 0. The Morgan fingerprint density at radius 3 is 3.00 bits per heavy atom. The second-order valence-corrected chi connectivity index (χ2v) is 6.20. The Bertz CT molecular complexity index is 585. The molecule has 0 bridgehead atoms. The predicted molar refractivity (Wildman–Crippen MR) is 79.6 cm³/mol. The van der Waals surface area contributed by atoms with Crippen LogP contribution in [0, 0.1) is 6.92 Å². The number of aryl methyl sites for hydroxylation is 1. The molecule has 1 saturated heterocycles. The van der Waals surface area contributed by atoms with Gasteiger partial charge in [0.1, 0.15) is 5.82 Å². The summed E-state index contributed by atoms with van der Waals surface area (Å²) in [5, 5.41) is 7.20. The van der Waals surface area contributed by atoms with Crippen LogP contribution in [0.2, 0.25) is 0 Å². The molecular formula is C15H22N4. The lowest BCUT2D eigenvalue weighted by atomic mass is 9.89. The number of nitrogens with zero attached hydrogens (tertiary/aromatic N) is 1. The molecule has 0 amide bonds. The highest BCUT2D eigenvalue weighted by atomic mass is 15.0. The van der Waals surface area contributed by atoms with Gasteiger partial charge in [-0.15, -0.1) is 0 Å². The fourth-order valence-electron chi connectivity index (χ4n) is 2.96. The van der Waals surface area contributed by atoms with Gasteiger partial charge in [-0.3, -0.25) is 0 Å². The number of anilines is 1. The van der Waals surface area contributed by atoms with E-state index in [-0.39, 0.29) is 5.54 Å². The molecule has 0 saturated carbocycles. The Hall–Kier alpha value is -1.55. The molecule has 3 N–H and O–H groups in total. The molecule has 0 radical (unpaired) electrons. The van der Waals surface area contributed by atoms with Crippen molar-refractivity contribution < 1.29 is 0 Å². The minimum atomic E-state index is 0.227. The van der Waals surface area contributed by atoms with Crippen LogP contribution in [-0.4, -0.2) is 28.1 Å². The van der Waals surface area contributed by atoms with Crippen LogP contribution in [0.15, 0.2) is 18.2 Å². The Morgan fingerprint density at radius 2 is 2.21 bits per heavy atom. The number of imidazole rings is 1. The zero-order valence-electron chi connectivity index (χ0n) is 11.9. The molecule has 1 aromatic heterocycles. The Kier molecular flexibility index (Phi) is 2.97. The van der Waals surface area contributed by atoms with E-state index in [1.54, 1.807) is 0 Å². The van der Waals surface area contributed by atoms with E-state index in [4.69, 9.17) is 0 Å².